The average molecular weight is 305 g/mol. The number of aryl methyl sites for hydroxylation is 1. The number of hydrogen-bond acceptors (Lipinski definition) is 5. The molecule has 0 unspecified atom stereocenters. The lowest BCUT2D eigenvalue weighted by Gasteiger charge is -2.08. The summed E-state index contributed by atoms with van der Waals surface area (Å²) in [4.78, 5) is 12.9. The van der Waals surface area contributed by atoms with E-state index in [1.54, 1.807) is 11.3 Å². The van der Waals surface area contributed by atoms with E-state index < -0.39 is 0 Å². The zero-order chi connectivity index (χ0) is 13.9. The SMILES string of the molecule is Cc1csc(CCNc2nc(Cl)nc3ccccc23)n1. The lowest BCUT2D eigenvalue weighted by atomic mass is 10.2. The molecule has 0 spiro atoms. The Kier molecular flexibility index (Phi) is 3.80. The Morgan fingerprint density at radius 3 is 2.85 bits per heavy atom. The molecule has 4 nitrogen and oxygen atoms in total. The number of hydrogen-bond donors (Lipinski definition) is 1. The van der Waals surface area contributed by atoms with Crippen LogP contribution in [-0.2, 0) is 6.42 Å². The number of halogens is 1. The second kappa shape index (κ2) is 5.73. The first-order valence-electron chi connectivity index (χ1n) is 6.29. The van der Waals surface area contributed by atoms with E-state index in [2.05, 4.69) is 25.6 Å². The highest BCUT2D eigenvalue weighted by Crippen LogP contribution is 2.21. The van der Waals surface area contributed by atoms with Gasteiger partial charge in [-0.15, -0.1) is 11.3 Å². The minimum Gasteiger partial charge on any atom is -0.369 e. The number of thiazole rings is 1. The largest absolute Gasteiger partial charge is 0.369 e. The fraction of sp³-hybridized carbons (Fsp3) is 0.214. The molecule has 2 aromatic heterocycles. The third kappa shape index (κ3) is 2.89. The fourth-order valence-electron chi connectivity index (χ4n) is 1.99. The van der Waals surface area contributed by atoms with Crippen LogP contribution in [0.4, 0.5) is 5.82 Å². The van der Waals surface area contributed by atoms with Crippen LogP contribution in [0.1, 0.15) is 10.7 Å². The van der Waals surface area contributed by atoms with E-state index in [1.165, 1.54) is 0 Å². The van der Waals surface area contributed by atoms with Gasteiger partial charge in [0.05, 0.1) is 10.5 Å². The van der Waals surface area contributed by atoms with Crippen molar-refractivity contribution >= 4 is 39.7 Å². The Morgan fingerprint density at radius 1 is 1.20 bits per heavy atom. The summed E-state index contributed by atoms with van der Waals surface area (Å²) in [5, 5.41) is 7.74. The molecular formula is C14H13ClN4S. The molecule has 0 fully saturated rings. The van der Waals surface area contributed by atoms with Gasteiger partial charge < -0.3 is 5.32 Å². The van der Waals surface area contributed by atoms with Gasteiger partial charge in [0.15, 0.2) is 0 Å². The van der Waals surface area contributed by atoms with Gasteiger partial charge in [-0.3, -0.25) is 0 Å². The molecule has 2 heterocycles. The number of aromatic nitrogens is 3. The second-order valence-corrected chi connectivity index (χ2v) is 5.70. The molecule has 20 heavy (non-hydrogen) atoms. The molecule has 0 saturated carbocycles. The van der Waals surface area contributed by atoms with E-state index in [-0.39, 0.29) is 5.28 Å². The van der Waals surface area contributed by atoms with Crippen LogP contribution in [-0.4, -0.2) is 21.5 Å². The Hall–Kier alpha value is -1.72. The Bertz CT molecular complexity index is 741. The number of para-hydroxylation sites is 1. The van der Waals surface area contributed by atoms with Crippen LogP contribution in [0.5, 0.6) is 0 Å². The van der Waals surface area contributed by atoms with E-state index >= 15 is 0 Å². The molecule has 3 rings (SSSR count). The van der Waals surface area contributed by atoms with Crippen molar-refractivity contribution in [3.05, 3.63) is 45.6 Å². The van der Waals surface area contributed by atoms with Crippen LogP contribution in [0.2, 0.25) is 5.28 Å². The summed E-state index contributed by atoms with van der Waals surface area (Å²) in [6.07, 6.45) is 0.869. The topological polar surface area (TPSA) is 50.7 Å². The third-order valence-corrected chi connectivity index (χ3v) is 4.07. The molecule has 0 bridgehead atoms. The predicted octanol–water partition coefficient (Wildman–Crippen LogP) is 3.70. The van der Waals surface area contributed by atoms with Crippen LogP contribution in [0, 0.1) is 6.92 Å². The first-order chi connectivity index (χ1) is 9.72. The minimum absolute atomic E-state index is 0.260. The smallest absolute Gasteiger partial charge is 0.224 e. The van der Waals surface area contributed by atoms with Crippen molar-refractivity contribution < 1.29 is 0 Å². The molecule has 0 aliphatic carbocycles. The molecular weight excluding hydrogens is 292 g/mol. The van der Waals surface area contributed by atoms with Crippen LogP contribution in [0.25, 0.3) is 10.9 Å². The van der Waals surface area contributed by atoms with E-state index in [1.807, 2.05) is 31.2 Å². The van der Waals surface area contributed by atoms with Crippen molar-refractivity contribution in [1.82, 2.24) is 15.0 Å². The first-order valence-corrected chi connectivity index (χ1v) is 7.55. The van der Waals surface area contributed by atoms with Crippen LogP contribution in [0.3, 0.4) is 0 Å². The van der Waals surface area contributed by atoms with Crippen LogP contribution < -0.4 is 5.32 Å². The predicted molar refractivity (Wildman–Crippen MR) is 83.6 cm³/mol. The lowest BCUT2D eigenvalue weighted by molar-refractivity contribution is 0.978. The average Bonchev–Trinajstić information content (AvgIpc) is 2.84. The molecule has 0 atom stereocenters. The number of anilines is 1. The Balaban J connectivity index is 1.77. The summed E-state index contributed by atoms with van der Waals surface area (Å²) in [6, 6.07) is 7.82. The second-order valence-electron chi connectivity index (χ2n) is 4.42. The van der Waals surface area contributed by atoms with Crippen molar-refractivity contribution in [2.75, 3.05) is 11.9 Å². The molecule has 1 aromatic carbocycles. The lowest BCUT2D eigenvalue weighted by Crippen LogP contribution is -2.07. The molecule has 0 radical (unpaired) electrons. The maximum Gasteiger partial charge on any atom is 0.224 e. The Morgan fingerprint density at radius 2 is 2.05 bits per heavy atom. The maximum absolute atomic E-state index is 5.95. The summed E-state index contributed by atoms with van der Waals surface area (Å²) < 4.78 is 0. The van der Waals surface area contributed by atoms with Crippen molar-refractivity contribution in [2.45, 2.75) is 13.3 Å². The highest BCUT2D eigenvalue weighted by molar-refractivity contribution is 7.09. The molecule has 1 N–H and O–H groups in total. The zero-order valence-electron chi connectivity index (χ0n) is 10.9. The monoisotopic (exact) mass is 304 g/mol. The number of nitrogens with zero attached hydrogens (tertiary/aromatic N) is 3. The molecule has 6 heteroatoms. The molecule has 102 valence electrons. The van der Waals surface area contributed by atoms with Gasteiger partial charge in [0.25, 0.3) is 0 Å². The van der Waals surface area contributed by atoms with E-state index in [0.29, 0.717) is 0 Å². The number of benzene rings is 1. The summed E-state index contributed by atoms with van der Waals surface area (Å²) in [5.74, 6) is 0.772. The fourth-order valence-corrected chi connectivity index (χ4v) is 2.94. The van der Waals surface area contributed by atoms with Crippen molar-refractivity contribution in [2.24, 2.45) is 0 Å². The molecule has 0 amide bonds. The van der Waals surface area contributed by atoms with Crippen molar-refractivity contribution in [3.63, 3.8) is 0 Å². The summed E-state index contributed by atoms with van der Waals surface area (Å²) in [7, 11) is 0. The quantitative estimate of drug-likeness (QED) is 0.747. The Labute approximate surface area is 125 Å². The number of rotatable bonds is 4. The molecule has 3 aromatic rings. The van der Waals surface area contributed by atoms with Gasteiger partial charge in [-0.1, -0.05) is 12.1 Å². The van der Waals surface area contributed by atoms with Crippen LogP contribution in [0.15, 0.2) is 29.6 Å². The number of nitrogens with one attached hydrogen (secondary N) is 1. The van der Waals surface area contributed by atoms with Gasteiger partial charge in [-0.2, -0.15) is 0 Å². The highest BCUT2D eigenvalue weighted by Gasteiger charge is 2.06. The van der Waals surface area contributed by atoms with E-state index in [0.717, 1.165) is 40.4 Å². The van der Waals surface area contributed by atoms with Crippen molar-refractivity contribution in [3.8, 4) is 0 Å². The van der Waals surface area contributed by atoms with E-state index in [4.69, 9.17) is 11.6 Å². The number of fused-ring (bicyclic) bond motifs is 1. The van der Waals surface area contributed by atoms with Gasteiger partial charge in [0.1, 0.15) is 5.82 Å². The summed E-state index contributed by atoms with van der Waals surface area (Å²) >= 11 is 7.63. The van der Waals surface area contributed by atoms with Gasteiger partial charge in [0, 0.05) is 29.4 Å². The van der Waals surface area contributed by atoms with Gasteiger partial charge in [-0.25, -0.2) is 15.0 Å². The van der Waals surface area contributed by atoms with Crippen LogP contribution >= 0.6 is 22.9 Å². The normalized spacial score (nSPS) is 10.9. The summed E-state index contributed by atoms with van der Waals surface area (Å²) in [5.41, 5.74) is 1.92. The molecule has 0 aliphatic heterocycles. The first kappa shape index (κ1) is 13.3. The minimum atomic E-state index is 0.260. The zero-order valence-corrected chi connectivity index (χ0v) is 12.5. The highest BCUT2D eigenvalue weighted by atomic mass is 35.5. The van der Waals surface area contributed by atoms with Crippen molar-refractivity contribution in [1.29, 1.82) is 0 Å². The maximum atomic E-state index is 5.95. The van der Waals surface area contributed by atoms with E-state index in [9.17, 15) is 0 Å². The standard InChI is InChI=1S/C14H13ClN4S/c1-9-8-20-12(17-9)6-7-16-13-10-4-2-3-5-11(10)18-14(15)19-13/h2-5,8H,6-7H2,1H3,(H,16,18,19). The summed E-state index contributed by atoms with van der Waals surface area (Å²) in [6.45, 7) is 2.77. The van der Waals surface area contributed by atoms with Gasteiger partial charge in [0.2, 0.25) is 5.28 Å². The third-order valence-electron chi connectivity index (χ3n) is 2.87. The molecule has 0 aliphatic rings. The molecule has 0 saturated heterocycles. The van der Waals surface area contributed by atoms with Gasteiger partial charge >= 0.3 is 0 Å². The van der Waals surface area contributed by atoms with Gasteiger partial charge in [-0.05, 0) is 30.7 Å².